The minimum atomic E-state index is -2.81. The molecule has 4 aromatic rings. The van der Waals surface area contributed by atoms with Crippen LogP contribution in [0.1, 0.15) is 34.1 Å². The van der Waals surface area contributed by atoms with Crippen molar-refractivity contribution in [1.29, 1.82) is 0 Å². The lowest BCUT2D eigenvalue weighted by Crippen LogP contribution is -2.10. The van der Waals surface area contributed by atoms with Crippen LogP contribution in [0.5, 0.6) is 0 Å². The molecule has 0 atom stereocenters. The predicted octanol–water partition coefficient (Wildman–Crippen LogP) is 3.41. The number of aromatic nitrogens is 4. The van der Waals surface area contributed by atoms with E-state index in [1.807, 2.05) is 0 Å². The highest BCUT2D eigenvalue weighted by Gasteiger charge is 2.17. The molecule has 4 rings (SSSR count). The topological polar surface area (TPSA) is 121 Å². The van der Waals surface area contributed by atoms with Crippen LogP contribution < -0.4 is 5.73 Å². The van der Waals surface area contributed by atoms with Gasteiger partial charge in [0.25, 0.3) is 5.89 Å². The Morgan fingerprint density at radius 2 is 1.86 bits per heavy atom. The first-order valence-corrected chi connectivity index (χ1v) is 8.43. The molecular weight excluding hydrogens is 384 g/mol. The molecule has 0 aliphatic carbocycles. The average Bonchev–Trinajstić information content (AvgIpc) is 3.39. The second-order valence-electron chi connectivity index (χ2n) is 6.08. The van der Waals surface area contributed by atoms with Crippen LogP contribution in [0.3, 0.4) is 0 Å². The number of alkyl halides is 2. The lowest BCUT2D eigenvalue weighted by Gasteiger charge is -1.99. The van der Waals surface area contributed by atoms with E-state index < -0.39 is 18.2 Å². The van der Waals surface area contributed by atoms with Gasteiger partial charge in [0.2, 0.25) is 23.5 Å². The molecule has 2 aromatic heterocycles. The molecule has 2 N–H and O–H groups in total. The van der Waals surface area contributed by atoms with Gasteiger partial charge < -0.3 is 14.7 Å². The number of rotatable bonds is 6. The van der Waals surface area contributed by atoms with Crippen LogP contribution in [0.2, 0.25) is 0 Å². The second-order valence-corrected chi connectivity index (χ2v) is 6.08. The van der Waals surface area contributed by atoms with Crippen molar-refractivity contribution in [2.45, 2.75) is 12.8 Å². The molecule has 10 heteroatoms. The molecule has 29 heavy (non-hydrogen) atoms. The van der Waals surface area contributed by atoms with E-state index in [4.69, 9.17) is 14.7 Å². The molecule has 2 aromatic carbocycles. The highest BCUT2D eigenvalue weighted by Crippen LogP contribution is 2.24. The molecule has 0 aliphatic rings. The standard InChI is InChI=1S/C19H13F2N5O3/c20-15(21)19-25-24-18(28-19)11-6-4-10(5-7-11)8-14-23-17(26-29-14)13-3-1-2-12(9-13)16(22)27/h1-7,9,15H,8H2,(H2,22,27). The molecule has 0 fully saturated rings. The third kappa shape index (κ3) is 4.00. The molecule has 0 bridgehead atoms. The van der Waals surface area contributed by atoms with Crippen molar-refractivity contribution in [1.82, 2.24) is 20.3 Å². The van der Waals surface area contributed by atoms with Crippen molar-refractivity contribution >= 4 is 5.91 Å². The molecule has 0 saturated heterocycles. The molecular formula is C19H13F2N5O3. The summed E-state index contributed by atoms with van der Waals surface area (Å²) in [6.45, 7) is 0. The molecule has 0 unspecified atom stereocenters. The van der Waals surface area contributed by atoms with Gasteiger partial charge in [-0.3, -0.25) is 4.79 Å². The predicted molar refractivity (Wildman–Crippen MR) is 95.7 cm³/mol. The van der Waals surface area contributed by atoms with E-state index >= 15 is 0 Å². The van der Waals surface area contributed by atoms with E-state index in [1.165, 1.54) is 0 Å². The van der Waals surface area contributed by atoms with Gasteiger partial charge in [-0.2, -0.15) is 13.8 Å². The molecule has 0 saturated carbocycles. The number of carbonyl (C=O) groups excluding carboxylic acids is 1. The van der Waals surface area contributed by atoms with Crippen molar-refractivity contribution in [2.75, 3.05) is 0 Å². The van der Waals surface area contributed by atoms with Gasteiger partial charge in [0.1, 0.15) is 0 Å². The minimum absolute atomic E-state index is 0.0151. The Labute approximate surface area is 162 Å². The van der Waals surface area contributed by atoms with Crippen molar-refractivity contribution < 1.29 is 22.5 Å². The summed E-state index contributed by atoms with van der Waals surface area (Å²) in [6.07, 6.45) is -2.46. The normalized spacial score (nSPS) is 11.1. The number of nitrogens with zero attached hydrogens (tertiary/aromatic N) is 4. The molecule has 0 radical (unpaired) electrons. The van der Waals surface area contributed by atoms with Gasteiger partial charge in [0.05, 0.1) is 6.42 Å². The third-order valence-electron chi connectivity index (χ3n) is 4.06. The van der Waals surface area contributed by atoms with Gasteiger partial charge in [-0.25, -0.2) is 0 Å². The lowest BCUT2D eigenvalue weighted by molar-refractivity contribution is 0.1000. The summed E-state index contributed by atoms with van der Waals surface area (Å²) >= 11 is 0. The largest absolute Gasteiger partial charge is 0.415 e. The Kier molecular flexibility index (Phi) is 4.82. The zero-order valence-corrected chi connectivity index (χ0v) is 14.8. The summed E-state index contributed by atoms with van der Waals surface area (Å²) < 4.78 is 35.3. The summed E-state index contributed by atoms with van der Waals surface area (Å²) in [6, 6.07) is 13.5. The van der Waals surface area contributed by atoms with Crippen LogP contribution >= 0.6 is 0 Å². The first-order valence-electron chi connectivity index (χ1n) is 8.43. The Bertz CT molecular complexity index is 1150. The molecule has 0 aliphatic heterocycles. The first kappa shape index (κ1) is 18.4. The summed E-state index contributed by atoms with van der Waals surface area (Å²) in [4.78, 5) is 15.6. The zero-order valence-electron chi connectivity index (χ0n) is 14.8. The van der Waals surface area contributed by atoms with Gasteiger partial charge in [-0.05, 0) is 29.8 Å². The zero-order chi connectivity index (χ0) is 20.4. The lowest BCUT2D eigenvalue weighted by atomic mass is 10.1. The number of amides is 1. The Morgan fingerprint density at radius 3 is 2.55 bits per heavy atom. The van der Waals surface area contributed by atoms with E-state index in [-0.39, 0.29) is 5.89 Å². The van der Waals surface area contributed by atoms with Crippen molar-refractivity contribution in [3.8, 4) is 22.8 Å². The number of hydrogen-bond acceptors (Lipinski definition) is 7. The van der Waals surface area contributed by atoms with E-state index in [1.54, 1.807) is 48.5 Å². The van der Waals surface area contributed by atoms with Crippen LogP contribution in [0.15, 0.2) is 57.5 Å². The number of primary amides is 1. The Balaban J connectivity index is 1.49. The minimum Gasteiger partial charge on any atom is -0.415 e. The van der Waals surface area contributed by atoms with Crippen LogP contribution in [0, 0.1) is 0 Å². The van der Waals surface area contributed by atoms with Gasteiger partial charge in [0, 0.05) is 16.7 Å². The van der Waals surface area contributed by atoms with E-state index in [0.29, 0.717) is 34.8 Å². The smallest absolute Gasteiger partial charge is 0.314 e. The maximum absolute atomic E-state index is 12.5. The van der Waals surface area contributed by atoms with Crippen LogP contribution in [0.4, 0.5) is 8.78 Å². The van der Waals surface area contributed by atoms with E-state index in [0.717, 1.165) is 5.56 Å². The highest BCUT2D eigenvalue weighted by atomic mass is 19.3. The molecule has 1 amide bonds. The van der Waals surface area contributed by atoms with Crippen molar-refractivity contribution in [3.63, 3.8) is 0 Å². The maximum atomic E-state index is 12.5. The molecule has 146 valence electrons. The monoisotopic (exact) mass is 397 g/mol. The Morgan fingerprint density at radius 1 is 1.07 bits per heavy atom. The maximum Gasteiger partial charge on any atom is 0.314 e. The quantitative estimate of drug-likeness (QED) is 0.529. The third-order valence-corrected chi connectivity index (χ3v) is 4.06. The van der Waals surface area contributed by atoms with Gasteiger partial charge in [0.15, 0.2) is 0 Å². The van der Waals surface area contributed by atoms with Crippen LogP contribution in [0.25, 0.3) is 22.8 Å². The van der Waals surface area contributed by atoms with Crippen LogP contribution in [-0.2, 0) is 6.42 Å². The average molecular weight is 397 g/mol. The van der Waals surface area contributed by atoms with Crippen molar-refractivity contribution in [2.24, 2.45) is 5.73 Å². The molecule has 8 nitrogen and oxygen atoms in total. The SMILES string of the molecule is NC(=O)c1cccc(-c2noc(Cc3ccc(-c4nnc(C(F)F)o4)cc3)n2)c1. The fourth-order valence-electron chi connectivity index (χ4n) is 2.63. The summed E-state index contributed by atoms with van der Waals surface area (Å²) in [5.41, 5.74) is 7.61. The van der Waals surface area contributed by atoms with E-state index in [9.17, 15) is 13.6 Å². The van der Waals surface area contributed by atoms with Crippen molar-refractivity contribution in [3.05, 3.63) is 71.4 Å². The fraction of sp³-hybridized carbons (Fsp3) is 0.105. The van der Waals surface area contributed by atoms with Gasteiger partial charge in [-0.15, -0.1) is 10.2 Å². The Hall–Kier alpha value is -3.95. The van der Waals surface area contributed by atoms with Gasteiger partial charge in [-0.1, -0.05) is 29.4 Å². The number of nitrogens with two attached hydrogens (primary N) is 1. The number of benzene rings is 2. The molecule has 0 spiro atoms. The number of hydrogen-bond donors (Lipinski definition) is 1. The van der Waals surface area contributed by atoms with Crippen LogP contribution in [-0.4, -0.2) is 26.2 Å². The fourth-order valence-corrected chi connectivity index (χ4v) is 2.63. The summed E-state index contributed by atoms with van der Waals surface area (Å²) in [7, 11) is 0. The number of carbonyl (C=O) groups is 1. The summed E-state index contributed by atoms with van der Waals surface area (Å²) in [5.74, 6) is -0.540. The second kappa shape index (κ2) is 7.58. The first-order chi connectivity index (χ1) is 14.0. The van der Waals surface area contributed by atoms with Gasteiger partial charge >= 0.3 is 6.43 Å². The summed E-state index contributed by atoms with van der Waals surface area (Å²) in [5, 5.41) is 10.8. The highest BCUT2D eigenvalue weighted by molar-refractivity contribution is 5.93. The number of halogens is 2. The molecule has 2 heterocycles. The van der Waals surface area contributed by atoms with E-state index in [2.05, 4.69) is 20.3 Å².